The molecule has 0 aliphatic heterocycles. The highest BCUT2D eigenvalue weighted by molar-refractivity contribution is 5.78. The van der Waals surface area contributed by atoms with Gasteiger partial charge in [0.2, 0.25) is 0 Å². The van der Waals surface area contributed by atoms with E-state index in [1.807, 2.05) is 0 Å². The number of hydrogen-bond acceptors (Lipinski definition) is 4. The highest BCUT2D eigenvalue weighted by Gasteiger charge is 2.21. The van der Waals surface area contributed by atoms with Crippen molar-refractivity contribution >= 4 is 18.0 Å². The van der Waals surface area contributed by atoms with Crippen LogP contribution in [0.3, 0.4) is 0 Å². The largest absolute Gasteiger partial charge is 0.481 e. The summed E-state index contributed by atoms with van der Waals surface area (Å²) >= 11 is 0. The van der Waals surface area contributed by atoms with Gasteiger partial charge < -0.3 is 20.3 Å². The Bertz CT molecular complexity index is 288. The molecule has 90 valence electrons. The molecule has 1 atom stereocenters. The first-order chi connectivity index (χ1) is 7.47. The van der Waals surface area contributed by atoms with Gasteiger partial charge in [0.15, 0.2) is 0 Å². The molecule has 0 fully saturated rings. The van der Waals surface area contributed by atoms with Crippen molar-refractivity contribution in [2.45, 2.75) is 6.42 Å². The van der Waals surface area contributed by atoms with E-state index in [4.69, 9.17) is 10.2 Å². The van der Waals surface area contributed by atoms with Gasteiger partial charge in [-0.05, 0) is 0 Å². The van der Waals surface area contributed by atoms with Crippen molar-refractivity contribution in [3.8, 4) is 0 Å². The van der Waals surface area contributed by atoms with E-state index >= 15 is 0 Å². The van der Waals surface area contributed by atoms with E-state index in [0.29, 0.717) is 0 Å². The molecule has 0 aliphatic carbocycles. The maximum atomic E-state index is 10.9. The SMILES string of the molecule is C=CCOC(=O)NCC(CC(=O)O)C(=O)O. The third-order valence-electron chi connectivity index (χ3n) is 1.60. The Hall–Kier alpha value is -2.05. The van der Waals surface area contributed by atoms with E-state index in [9.17, 15) is 14.4 Å². The van der Waals surface area contributed by atoms with Crippen molar-refractivity contribution in [3.63, 3.8) is 0 Å². The fourth-order valence-electron chi connectivity index (χ4n) is 0.850. The molecule has 0 heterocycles. The van der Waals surface area contributed by atoms with Gasteiger partial charge in [-0.3, -0.25) is 9.59 Å². The van der Waals surface area contributed by atoms with Gasteiger partial charge in [-0.2, -0.15) is 0 Å². The van der Waals surface area contributed by atoms with E-state index in [1.54, 1.807) is 0 Å². The minimum atomic E-state index is -1.29. The monoisotopic (exact) mass is 231 g/mol. The predicted molar refractivity (Wildman–Crippen MR) is 52.9 cm³/mol. The second kappa shape index (κ2) is 7.27. The van der Waals surface area contributed by atoms with Crippen LogP contribution in [0.2, 0.25) is 0 Å². The number of carboxylic acids is 2. The highest BCUT2D eigenvalue weighted by Crippen LogP contribution is 2.02. The molecule has 0 spiro atoms. The van der Waals surface area contributed by atoms with Crippen molar-refractivity contribution < 1.29 is 29.3 Å². The third-order valence-corrected chi connectivity index (χ3v) is 1.60. The minimum Gasteiger partial charge on any atom is -0.481 e. The molecule has 1 amide bonds. The summed E-state index contributed by atoms with van der Waals surface area (Å²) in [4.78, 5) is 31.8. The first-order valence-electron chi connectivity index (χ1n) is 4.43. The predicted octanol–water partition coefficient (Wildman–Crippen LogP) is 0.0741. The lowest BCUT2D eigenvalue weighted by Crippen LogP contribution is -2.34. The van der Waals surface area contributed by atoms with Crippen LogP contribution in [0, 0.1) is 5.92 Å². The van der Waals surface area contributed by atoms with Gasteiger partial charge in [0.1, 0.15) is 6.61 Å². The van der Waals surface area contributed by atoms with Gasteiger partial charge in [-0.15, -0.1) is 0 Å². The van der Waals surface area contributed by atoms with E-state index in [1.165, 1.54) is 6.08 Å². The van der Waals surface area contributed by atoms with Crippen LogP contribution < -0.4 is 5.32 Å². The Labute approximate surface area is 91.7 Å². The molecule has 0 rings (SSSR count). The van der Waals surface area contributed by atoms with Crippen LogP contribution in [0.15, 0.2) is 12.7 Å². The topological polar surface area (TPSA) is 113 Å². The lowest BCUT2D eigenvalue weighted by Gasteiger charge is -2.10. The van der Waals surface area contributed by atoms with E-state index < -0.39 is 30.4 Å². The molecular weight excluding hydrogens is 218 g/mol. The first-order valence-corrected chi connectivity index (χ1v) is 4.43. The number of carbonyl (C=O) groups excluding carboxylic acids is 1. The third kappa shape index (κ3) is 6.41. The molecule has 0 radical (unpaired) electrons. The molecule has 7 nitrogen and oxygen atoms in total. The van der Waals surface area contributed by atoms with Crippen LogP contribution in [0.1, 0.15) is 6.42 Å². The zero-order valence-corrected chi connectivity index (χ0v) is 8.51. The normalized spacial score (nSPS) is 11.2. The molecule has 0 aliphatic rings. The summed E-state index contributed by atoms with van der Waals surface area (Å²) in [6.07, 6.45) is -0.0145. The Morgan fingerprint density at radius 2 is 2.00 bits per heavy atom. The summed E-state index contributed by atoms with van der Waals surface area (Å²) in [5.41, 5.74) is 0. The molecular formula is C9H13NO6. The Morgan fingerprint density at radius 3 is 2.44 bits per heavy atom. The van der Waals surface area contributed by atoms with Crippen molar-refractivity contribution in [2.75, 3.05) is 13.2 Å². The van der Waals surface area contributed by atoms with E-state index in [2.05, 4.69) is 16.6 Å². The lowest BCUT2D eigenvalue weighted by atomic mass is 10.1. The van der Waals surface area contributed by atoms with Gasteiger partial charge >= 0.3 is 18.0 Å². The fourth-order valence-corrected chi connectivity index (χ4v) is 0.850. The Balaban J connectivity index is 4.01. The zero-order chi connectivity index (χ0) is 12.6. The van der Waals surface area contributed by atoms with Crippen LogP contribution >= 0.6 is 0 Å². The number of amides is 1. The van der Waals surface area contributed by atoms with Gasteiger partial charge in [0, 0.05) is 6.54 Å². The number of hydrogen-bond donors (Lipinski definition) is 3. The van der Waals surface area contributed by atoms with Crippen LogP contribution in [-0.2, 0) is 14.3 Å². The highest BCUT2D eigenvalue weighted by atomic mass is 16.5. The molecule has 16 heavy (non-hydrogen) atoms. The van der Waals surface area contributed by atoms with Gasteiger partial charge in [0.05, 0.1) is 12.3 Å². The molecule has 0 bridgehead atoms. The average molecular weight is 231 g/mol. The number of aliphatic carboxylic acids is 2. The Morgan fingerprint density at radius 1 is 1.38 bits per heavy atom. The summed E-state index contributed by atoms with van der Waals surface area (Å²) < 4.78 is 4.52. The second-order valence-corrected chi connectivity index (χ2v) is 2.90. The van der Waals surface area contributed by atoms with E-state index in [0.717, 1.165) is 0 Å². The molecule has 0 saturated heterocycles. The standard InChI is InChI=1S/C9H13NO6/c1-2-3-16-9(15)10-5-6(8(13)14)4-7(11)12/h2,6H,1,3-5H2,(H,10,15)(H,11,12)(H,13,14). The zero-order valence-electron chi connectivity index (χ0n) is 8.51. The van der Waals surface area contributed by atoms with Gasteiger partial charge in [0.25, 0.3) is 0 Å². The van der Waals surface area contributed by atoms with Crippen molar-refractivity contribution in [2.24, 2.45) is 5.92 Å². The van der Waals surface area contributed by atoms with Crippen molar-refractivity contribution in [1.82, 2.24) is 5.32 Å². The number of rotatable bonds is 7. The van der Waals surface area contributed by atoms with Crippen LogP contribution in [0.5, 0.6) is 0 Å². The van der Waals surface area contributed by atoms with E-state index in [-0.39, 0.29) is 13.2 Å². The maximum absolute atomic E-state index is 10.9. The number of ether oxygens (including phenoxy) is 1. The second-order valence-electron chi connectivity index (χ2n) is 2.90. The summed E-state index contributed by atoms with van der Waals surface area (Å²) in [5, 5.41) is 19.2. The van der Waals surface area contributed by atoms with Crippen LogP contribution in [0.4, 0.5) is 4.79 Å². The number of nitrogens with one attached hydrogen (secondary N) is 1. The average Bonchev–Trinajstić information content (AvgIpc) is 2.20. The molecule has 0 aromatic carbocycles. The van der Waals surface area contributed by atoms with Crippen LogP contribution in [0.25, 0.3) is 0 Å². The summed E-state index contributed by atoms with van der Waals surface area (Å²) in [6, 6.07) is 0. The Kier molecular flexibility index (Phi) is 6.34. The molecule has 1 unspecified atom stereocenters. The smallest absolute Gasteiger partial charge is 0.407 e. The quantitative estimate of drug-likeness (QED) is 0.534. The maximum Gasteiger partial charge on any atom is 0.407 e. The molecule has 0 saturated carbocycles. The minimum absolute atomic E-state index is 0.00248. The molecule has 0 aromatic rings. The molecule has 0 aromatic heterocycles. The fraction of sp³-hybridized carbons (Fsp3) is 0.444. The first kappa shape index (κ1) is 13.9. The van der Waals surface area contributed by atoms with Crippen molar-refractivity contribution in [1.29, 1.82) is 0 Å². The van der Waals surface area contributed by atoms with Gasteiger partial charge in [-0.1, -0.05) is 12.7 Å². The molecule has 3 N–H and O–H groups in total. The number of carboxylic acid groups (broad SMARTS) is 2. The summed E-state index contributed by atoms with van der Waals surface area (Å²) in [7, 11) is 0. The molecule has 7 heteroatoms. The summed E-state index contributed by atoms with van der Waals surface area (Å²) in [6.45, 7) is 3.03. The van der Waals surface area contributed by atoms with Gasteiger partial charge in [-0.25, -0.2) is 4.79 Å². The summed E-state index contributed by atoms with van der Waals surface area (Å²) in [5.74, 6) is -3.70. The number of alkyl carbamates (subject to hydrolysis) is 1. The number of carbonyl (C=O) groups is 3. The van der Waals surface area contributed by atoms with Crippen LogP contribution in [-0.4, -0.2) is 41.4 Å². The van der Waals surface area contributed by atoms with Crippen molar-refractivity contribution in [3.05, 3.63) is 12.7 Å². The lowest BCUT2D eigenvalue weighted by molar-refractivity contribution is -0.148.